The maximum Gasteiger partial charge on any atom is 0.416 e. The number of halogens is 3. The van der Waals surface area contributed by atoms with E-state index in [0.29, 0.717) is 17.9 Å². The Morgan fingerprint density at radius 3 is 2.93 bits per heavy atom. The summed E-state index contributed by atoms with van der Waals surface area (Å²) >= 11 is 0. The van der Waals surface area contributed by atoms with E-state index in [-0.39, 0.29) is 36.3 Å². The number of benzene rings is 1. The molecule has 4 rings (SSSR count). The van der Waals surface area contributed by atoms with E-state index in [2.05, 4.69) is 20.3 Å². The van der Waals surface area contributed by atoms with Crippen molar-refractivity contribution in [1.29, 1.82) is 0 Å². The van der Waals surface area contributed by atoms with Crippen LogP contribution in [0.25, 0.3) is 11.0 Å². The van der Waals surface area contributed by atoms with Crippen LogP contribution in [0.4, 0.5) is 13.2 Å². The number of imidazole rings is 1. The Balaban J connectivity index is 1.60. The van der Waals surface area contributed by atoms with Crippen LogP contribution < -0.4 is 5.32 Å². The van der Waals surface area contributed by atoms with Gasteiger partial charge >= 0.3 is 6.18 Å². The number of hydrogen-bond donors (Lipinski definition) is 1. The van der Waals surface area contributed by atoms with Gasteiger partial charge in [-0.2, -0.15) is 13.2 Å². The lowest BCUT2D eigenvalue weighted by atomic mass is 10.2. The van der Waals surface area contributed by atoms with Crippen LogP contribution in [0.15, 0.2) is 36.8 Å². The van der Waals surface area contributed by atoms with Crippen molar-refractivity contribution in [3.8, 4) is 0 Å². The lowest BCUT2D eigenvalue weighted by Gasteiger charge is -2.26. The van der Waals surface area contributed by atoms with Gasteiger partial charge in [-0.1, -0.05) is 0 Å². The number of alkyl halides is 3. The first-order valence-electron chi connectivity index (χ1n) is 8.13. The quantitative estimate of drug-likeness (QED) is 0.758. The molecule has 1 N–H and O–H groups in total. The Morgan fingerprint density at radius 1 is 1.33 bits per heavy atom. The van der Waals surface area contributed by atoms with E-state index in [4.69, 9.17) is 4.74 Å². The summed E-state index contributed by atoms with van der Waals surface area (Å²) in [5.74, 6) is 0.133. The highest BCUT2D eigenvalue weighted by Gasteiger charge is 2.32. The molecule has 2 aromatic heterocycles. The van der Waals surface area contributed by atoms with Crippen molar-refractivity contribution in [2.75, 3.05) is 13.2 Å². The number of carbonyl (C=O) groups excluding carboxylic acids is 1. The normalized spacial score (nSPS) is 16.9. The molecule has 1 aromatic carbocycles. The molecule has 0 radical (unpaired) electrons. The highest BCUT2D eigenvalue weighted by atomic mass is 19.4. The number of hydrogen-bond acceptors (Lipinski definition) is 5. The van der Waals surface area contributed by atoms with Gasteiger partial charge in [-0.3, -0.25) is 9.78 Å². The minimum absolute atomic E-state index is 0.180. The first-order chi connectivity index (χ1) is 12.9. The predicted octanol–water partition coefficient (Wildman–Crippen LogP) is 2.35. The molecular weight excluding hydrogens is 363 g/mol. The number of rotatable bonds is 3. The fraction of sp³-hybridized carbons (Fsp3) is 0.294. The Morgan fingerprint density at radius 2 is 2.19 bits per heavy atom. The molecule has 10 heteroatoms. The molecule has 7 nitrogen and oxygen atoms in total. The number of fused-ring (bicyclic) bond motifs is 3. The molecule has 3 heterocycles. The van der Waals surface area contributed by atoms with E-state index < -0.39 is 11.7 Å². The van der Waals surface area contributed by atoms with Crippen molar-refractivity contribution in [3.05, 3.63) is 53.9 Å². The Kier molecular flexibility index (Phi) is 4.27. The molecule has 1 aliphatic heterocycles. The predicted molar refractivity (Wildman–Crippen MR) is 87.8 cm³/mol. The molecule has 0 aliphatic carbocycles. The summed E-state index contributed by atoms with van der Waals surface area (Å²) in [6.07, 6.45) is -0.203. The first-order valence-corrected chi connectivity index (χ1v) is 8.13. The maximum atomic E-state index is 12.9. The lowest BCUT2D eigenvalue weighted by molar-refractivity contribution is -0.137. The molecule has 27 heavy (non-hydrogen) atoms. The van der Waals surface area contributed by atoms with E-state index in [9.17, 15) is 18.0 Å². The van der Waals surface area contributed by atoms with Crippen LogP contribution in [0.3, 0.4) is 0 Å². The van der Waals surface area contributed by atoms with Gasteiger partial charge in [0.1, 0.15) is 18.1 Å². The maximum absolute atomic E-state index is 12.9. The average Bonchev–Trinajstić information content (AvgIpc) is 3.04. The van der Waals surface area contributed by atoms with Crippen LogP contribution in [0.5, 0.6) is 0 Å². The fourth-order valence-electron chi connectivity index (χ4n) is 3.06. The van der Waals surface area contributed by atoms with Crippen molar-refractivity contribution >= 4 is 16.9 Å². The van der Waals surface area contributed by atoms with Crippen LogP contribution in [0.1, 0.15) is 27.9 Å². The standard InChI is InChI=1S/C17H14F3N5O2/c18-17(19,20)10-1-2-14-12(5-10)24-15-9-27-8-11(25(14)15)6-23-16(26)13-7-21-3-4-22-13/h1-5,7,11H,6,8-9H2,(H,23,26). The molecule has 1 aliphatic rings. The smallest absolute Gasteiger partial charge is 0.371 e. The third-order valence-corrected chi connectivity index (χ3v) is 4.29. The van der Waals surface area contributed by atoms with Gasteiger partial charge in [0.15, 0.2) is 0 Å². The summed E-state index contributed by atoms with van der Waals surface area (Å²) in [6, 6.07) is 3.16. The van der Waals surface area contributed by atoms with E-state index in [0.717, 1.165) is 12.1 Å². The SMILES string of the molecule is O=C(NCC1COCc2nc3cc(C(F)(F)F)ccc3n21)c1cnccn1. The second-order valence-electron chi connectivity index (χ2n) is 6.07. The zero-order chi connectivity index (χ0) is 19.0. The van der Waals surface area contributed by atoms with Gasteiger partial charge in [0, 0.05) is 18.9 Å². The Bertz CT molecular complexity index is 987. The summed E-state index contributed by atoms with van der Waals surface area (Å²) in [5, 5.41) is 2.75. The minimum atomic E-state index is -4.43. The van der Waals surface area contributed by atoms with Gasteiger partial charge in [0.05, 0.1) is 35.4 Å². The lowest BCUT2D eigenvalue weighted by Crippen LogP contribution is -2.36. The summed E-state index contributed by atoms with van der Waals surface area (Å²) in [4.78, 5) is 24.2. The van der Waals surface area contributed by atoms with Crippen LogP contribution >= 0.6 is 0 Å². The number of aromatic nitrogens is 4. The third kappa shape index (κ3) is 3.35. The number of carbonyl (C=O) groups is 1. The van der Waals surface area contributed by atoms with E-state index in [1.165, 1.54) is 24.7 Å². The molecule has 3 aromatic rings. The molecular formula is C17H14F3N5O2. The summed E-state index contributed by atoms with van der Waals surface area (Å²) < 4.78 is 46.1. The highest BCUT2D eigenvalue weighted by Crippen LogP contribution is 2.33. The largest absolute Gasteiger partial charge is 0.416 e. The molecule has 1 unspecified atom stereocenters. The third-order valence-electron chi connectivity index (χ3n) is 4.29. The average molecular weight is 377 g/mol. The number of ether oxygens (including phenoxy) is 1. The van der Waals surface area contributed by atoms with Gasteiger partial charge in [-0.25, -0.2) is 9.97 Å². The summed E-state index contributed by atoms with van der Waals surface area (Å²) in [7, 11) is 0. The second-order valence-corrected chi connectivity index (χ2v) is 6.07. The first kappa shape index (κ1) is 17.4. The summed E-state index contributed by atoms with van der Waals surface area (Å²) in [6.45, 7) is 0.722. The molecule has 1 amide bonds. The molecule has 1 atom stereocenters. The fourth-order valence-corrected chi connectivity index (χ4v) is 3.06. The molecule has 0 fully saturated rings. The number of amides is 1. The topological polar surface area (TPSA) is 81.9 Å². The number of nitrogens with zero attached hydrogens (tertiary/aromatic N) is 4. The van der Waals surface area contributed by atoms with Crippen LogP contribution in [-0.4, -0.2) is 38.6 Å². The van der Waals surface area contributed by atoms with Crippen LogP contribution in [0.2, 0.25) is 0 Å². The Hall–Kier alpha value is -3.01. The van der Waals surface area contributed by atoms with Gasteiger partial charge in [-0.15, -0.1) is 0 Å². The van der Waals surface area contributed by atoms with Crippen LogP contribution in [-0.2, 0) is 17.5 Å². The zero-order valence-corrected chi connectivity index (χ0v) is 13.9. The highest BCUT2D eigenvalue weighted by molar-refractivity contribution is 5.91. The molecule has 0 saturated heterocycles. The van der Waals surface area contributed by atoms with Crippen molar-refractivity contribution in [1.82, 2.24) is 24.8 Å². The Labute approximate surface area is 151 Å². The van der Waals surface area contributed by atoms with Crippen molar-refractivity contribution in [2.45, 2.75) is 18.8 Å². The molecule has 0 saturated carbocycles. The van der Waals surface area contributed by atoms with Crippen molar-refractivity contribution < 1.29 is 22.7 Å². The van der Waals surface area contributed by atoms with Crippen LogP contribution in [0, 0.1) is 0 Å². The molecule has 0 spiro atoms. The monoisotopic (exact) mass is 377 g/mol. The van der Waals surface area contributed by atoms with Gasteiger partial charge < -0.3 is 14.6 Å². The number of nitrogens with one attached hydrogen (secondary N) is 1. The van der Waals surface area contributed by atoms with Crippen molar-refractivity contribution in [2.24, 2.45) is 0 Å². The zero-order valence-electron chi connectivity index (χ0n) is 13.9. The van der Waals surface area contributed by atoms with E-state index >= 15 is 0 Å². The second kappa shape index (κ2) is 6.62. The van der Waals surface area contributed by atoms with E-state index in [1.807, 2.05) is 4.57 Å². The van der Waals surface area contributed by atoms with E-state index in [1.54, 1.807) is 0 Å². The van der Waals surface area contributed by atoms with Crippen molar-refractivity contribution in [3.63, 3.8) is 0 Å². The van der Waals surface area contributed by atoms with Gasteiger partial charge in [0.2, 0.25) is 0 Å². The minimum Gasteiger partial charge on any atom is -0.371 e. The molecule has 0 bridgehead atoms. The summed E-state index contributed by atoms with van der Waals surface area (Å²) in [5.41, 5.74) is 0.245. The van der Waals surface area contributed by atoms with Gasteiger partial charge in [0.25, 0.3) is 5.91 Å². The molecule has 140 valence electrons. The van der Waals surface area contributed by atoms with Gasteiger partial charge in [-0.05, 0) is 18.2 Å².